The van der Waals surface area contributed by atoms with Crippen molar-refractivity contribution in [1.82, 2.24) is 4.90 Å². The van der Waals surface area contributed by atoms with Gasteiger partial charge in [0.1, 0.15) is 0 Å². The first kappa shape index (κ1) is 11.4. The Kier molecular flexibility index (Phi) is 3.36. The van der Waals surface area contributed by atoms with Crippen LogP contribution >= 0.6 is 0 Å². The normalized spacial score (nSPS) is 33.4. The maximum absolute atomic E-state index is 5.84. The number of rotatable bonds is 2. The molecule has 2 heteroatoms. The molecule has 88 valence electrons. The molecule has 2 fully saturated rings. The summed E-state index contributed by atoms with van der Waals surface area (Å²) in [6, 6.07) is 1.53. The van der Waals surface area contributed by atoms with Crippen LogP contribution in [0.25, 0.3) is 0 Å². The van der Waals surface area contributed by atoms with Crippen molar-refractivity contribution in [2.24, 2.45) is 11.1 Å². The van der Waals surface area contributed by atoms with Crippen LogP contribution in [0.5, 0.6) is 0 Å². The van der Waals surface area contributed by atoms with Crippen LogP contribution in [-0.2, 0) is 0 Å². The Bertz CT molecular complexity index is 203. The van der Waals surface area contributed by atoms with Crippen LogP contribution in [0.2, 0.25) is 0 Å². The van der Waals surface area contributed by atoms with E-state index in [4.69, 9.17) is 5.73 Å². The van der Waals surface area contributed by atoms with Crippen LogP contribution in [0.1, 0.15) is 52.4 Å². The predicted molar refractivity (Wildman–Crippen MR) is 64.8 cm³/mol. The summed E-state index contributed by atoms with van der Waals surface area (Å²) >= 11 is 0. The van der Waals surface area contributed by atoms with Crippen molar-refractivity contribution in [2.45, 2.75) is 64.5 Å². The van der Waals surface area contributed by atoms with Gasteiger partial charge in [-0.1, -0.05) is 13.8 Å². The third-order valence-electron chi connectivity index (χ3n) is 4.47. The molecule has 15 heavy (non-hydrogen) atoms. The average Bonchev–Trinajstić information content (AvgIpc) is 2.65. The van der Waals surface area contributed by atoms with Crippen molar-refractivity contribution in [3.8, 4) is 0 Å². The topological polar surface area (TPSA) is 29.3 Å². The zero-order chi connectivity index (χ0) is 10.9. The molecule has 1 heterocycles. The van der Waals surface area contributed by atoms with Crippen molar-refractivity contribution in [1.29, 1.82) is 0 Å². The van der Waals surface area contributed by atoms with E-state index < -0.39 is 0 Å². The van der Waals surface area contributed by atoms with Gasteiger partial charge in [0.2, 0.25) is 0 Å². The van der Waals surface area contributed by atoms with E-state index in [1.54, 1.807) is 0 Å². The van der Waals surface area contributed by atoms with Gasteiger partial charge in [-0.25, -0.2) is 0 Å². The number of nitrogens with zero attached hydrogens (tertiary/aromatic N) is 1. The molecular formula is C13H26N2. The molecule has 0 amide bonds. The van der Waals surface area contributed by atoms with Crippen molar-refractivity contribution in [2.75, 3.05) is 13.1 Å². The van der Waals surface area contributed by atoms with E-state index in [0.29, 0.717) is 11.5 Å². The standard InChI is InChI=1S/C13H26N2/c1-13(2)7-5-11(6-8-13)15-9-3-4-12(15)10-14/h11-12H,3-10,14H2,1-2H3. The smallest absolute Gasteiger partial charge is 0.0221 e. The van der Waals surface area contributed by atoms with E-state index in [9.17, 15) is 0 Å². The van der Waals surface area contributed by atoms with Gasteiger partial charge in [0.05, 0.1) is 0 Å². The minimum Gasteiger partial charge on any atom is -0.329 e. The number of nitrogens with two attached hydrogens (primary N) is 1. The third-order valence-corrected chi connectivity index (χ3v) is 4.47. The van der Waals surface area contributed by atoms with E-state index in [2.05, 4.69) is 18.7 Å². The Balaban J connectivity index is 1.89. The quantitative estimate of drug-likeness (QED) is 0.758. The summed E-state index contributed by atoms with van der Waals surface area (Å²) in [5.41, 5.74) is 6.43. The Morgan fingerprint density at radius 2 is 1.87 bits per heavy atom. The van der Waals surface area contributed by atoms with Gasteiger partial charge in [-0.3, -0.25) is 4.90 Å². The van der Waals surface area contributed by atoms with Crippen LogP contribution in [0, 0.1) is 5.41 Å². The van der Waals surface area contributed by atoms with E-state index >= 15 is 0 Å². The second-order valence-electron chi connectivity index (χ2n) is 6.16. The number of likely N-dealkylation sites (tertiary alicyclic amines) is 1. The summed E-state index contributed by atoms with van der Waals surface area (Å²) < 4.78 is 0. The number of hydrogen-bond donors (Lipinski definition) is 1. The monoisotopic (exact) mass is 210 g/mol. The molecule has 2 nitrogen and oxygen atoms in total. The summed E-state index contributed by atoms with van der Waals surface area (Å²) in [6.45, 7) is 6.98. The average molecular weight is 210 g/mol. The molecule has 2 aliphatic rings. The fraction of sp³-hybridized carbons (Fsp3) is 1.00. The largest absolute Gasteiger partial charge is 0.329 e. The maximum atomic E-state index is 5.84. The van der Waals surface area contributed by atoms with Gasteiger partial charge < -0.3 is 5.73 Å². The van der Waals surface area contributed by atoms with E-state index in [1.165, 1.54) is 45.1 Å². The van der Waals surface area contributed by atoms with Gasteiger partial charge in [0.25, 0.3) is 0 Å². The molecular weight excluding hydrogens is 184 g/mol. The molecule has 0 aromatic carbocycles. The molecule has 1 aliphatic heterocycles. The molecule has 1 aliphatic carbocycles. The van der Waals surface area contributed by atoms with Crippen molar-refractivity contribution in [3.63, 3.8) is 0 Å². The van der Waals surface area contributed by atoms with Crippen molar-refractivity contribution < 1.29 is 0 Å². The van der Waals surface area contributed by atoms with Crippen LogP contribution < -0.4 is 5.73 Å². The van der Waals surface area contributed by atoms with Gasteiger partial charge in [-0.05, 0) is 50.5 Å². The van der Waals surface area contributed by atoms with Crippen LogP contribution in [0.4, 0.5) is 0 Å². The lowest BCUT2D eigenvalue weighted by atomic mass is 9.75. The van der Waals surface area contributed by atoms with Gasteiger partial charge >= 0.3 is 0 Å². The number of hydrogen-bond acceptors (Lipinski definition) is 2. The molecule has 0 spiro atoms. The van der Waals surface area contributed by atoms with Gasteiger partial charge in [-0.15, -0.1) is 0 Å². The summed E-state index contributed by atoms with van der Waals surface area (Å²) in [7, 11) is 0. The lowest BCUT2D eigenvalue weighted by Crippen LogP contribution is -2.45. The zero-order valence-corrected chi connectivity index (χ0v) is 10.3. The second-order valence-corrected chi connectivity index (χ2v) is 6.16. The molecule has 2 rings (SSSR count). The molecule has 2 N–H and O–H groups in total. The Morgan fingerprint density at radius 1 is 1.20 bits per heavy atom. The van der Waals surface area contributed by atoms with Crippen LogP contribution in [-0.4, -0.2) is 30.1 Å². The molecule has 0 bridgehead atoms. The first-order valence-corrected chi connectivity index (χ1v) is 6.58. The molecule has 0 aromatic rings. The van der Waals surface area contributed by atoms with Gasteiger partial charge in [0, 0.05) is 18.6 Å². The van der Waals surface area contributed by atoms with Crippen molar-refractivity contribution in [3.05, 3.63) is 0 Å². The minimum atomic E-state index is 0.592. The first-order valence-electron chi connectivity index (χ1n) is 6.58. The highest BCUT2D eigenvalue weighted by atomic mass is 15.2. The fourth-order valence-electron chi connectivity index (χ4n) is 3.31. The van der Waals surface area contributed by atoms with Crippen molar-refractivity contribution >= 4 is 0 Å². The zero-order valence-electron chi connectivity index (χ0n) is 10.3. The second kappa shape index (κ2) is 4.42. The van der Waals surface area contributed by atoms with Crippen LogP contribution in [0.3, 0.4) is 0 Å². The van der Waals surface area contributed by atoms with E-state index in [0.717, 1.165) is 12.6 Å². The highest BCUT2D eigenvalue weighted by Crippen LogP contribution is 2.38. The Hall–Kier alpha value is -0.0800. The van der Waals surface area contributed by atoms with Crippen LogP contribution in [0.15, 0.2) is 0 Å². The van der Waals surface area contributed by atoms with E-state index in [1.807, 2.05) is 0 Å². The SMILES string of the molecule is CC1(C)CCC(N2CCCC2CN)CC1. The summed E-state index contributed by atoms with van der Waals surface area (Å²) in [6.07, 6.45) is 8.27. The summed E-state index contributed by atoms with van der Waals surface area (Å²) in [4.78, 5) is 2.70. The first-order chi connectivity index (χ1) is 7.12. The maximum Gasteiger partial charge on any atom is 0.0221 e. The van der Waals surface area contributed by atoms with Gasteiger partial charge in [-0.2, -0.15) is 0 Å². The lowest BCUT2D eigenvalue weighted by molar-refractivity contribution is 0.0993. The molecule has 1 saturated heterocycles. The fourth-order valence-corrected chi connectivity index (χ4v) is 3.31. The Morgan fingerprint density at radius 3 is 2.47 bits per heavy atom. The predicted octanol–water partition coefficient (Wildman–Crippen LogP) is 2.38. The lowest BCUT2D eigenvalue weighted by Gasteiger charge is -2.40. The minimum absolute atomic E-state index is 0.592. The molecule has 0 radical (unpaired) electrons. The summed E-state index contributed by atoms with van der Waals surface area (Å²) in [5, 5.41) is 0. The highest BCUT2D eigenvalue weighted by molar-refractivity contribution is 4.90. The molecule has 1 saturated carbocycles. The molecule has 1 unspecified atom stereocenters. The Labute approximate surface area is 94.2 Å². The van der Waals surface area contributed by atoms with E-state index in [-0.39, 0.29) is 0 Å². The highest BCUT2D eigenvalue weighted by Gasteiger charge is 2.34. The summed E-state index contributed by atoms with van der Waals surface area (Å²) in [5.74, 6) is 0. The third kappa shape index (κ3) is 2.54. The molecule has 0 aromatic heterocycles. The van der Waals surface area contributed by atoms with Gasteiger partial charge in [0.15, 0.2) is 0 Å². The molecule has 1 atom stereocenters.